The number of halogens is 2. The van der Waals surface area contributed by atoms with Crippen LogP contribution in [0.15, 0.2) is 36.4 Å². The number of amides is 1. The van der Waals surface area contributed by atoms with Gasteiger partial charge in [-0.25, -0.2) is 8.78 Å². The van der Waals surface area contributed by atoms with Crippen molar-refractivity contribution >= 4 is 17.3 Å². The highest BCUT2D eigenvalue weighted by Crippen LogP contribution is 2.22. The van der Waals surface area contributed by atoms with Crippen LogP contribution in [0.5, 0.6) is 5.75 Å². The molecule has 2 rings (SSSR count). The Morgan fingerprint density at radius 1 is 1.24 bits per heavy atom. The Morgan fingerprint density at radius 2 is 2.00 bits per heavy atom. The molecule has 21 heavy (non-hydrogen) atoms. The molecule has 0 spiro atoms. The molecule has 0 aliphatic heterocycles. The Labute approximate surface area is 120 Å². The fourth-order valence-corrected chi connectivity index (χ4v) is 1.78. The molecule has 0 aromatic heterocycles. The molecule has 0 fully saturated rings. The van der Waals surface area contributed by atoms with Gasteiger partial charge in [-0.3, -0.25) is 4.79 Å². The van der Waals surface area contributed by atoms with Crippen LogP contribution in [0.25, 0.3) is 0 Å². The first-order valence-corrected chi connectivity index (χ1v) is 6.30. The Bertz CT molecular complexity index is 675. The predicted octanol–water partition coefficient (Wildman–Crippen LogP) is 3.20. The van der Waals surface area contributed by atoms with Crippen molar-refractivity contribution in [2.24, 2.45) is 0 Å². The van der Waals surface area contributed by atoms with E-state index in [2.05, 4.69) is 5.32 Å². The van der Waals surface area contributed by atoms with Crippen LogP contribution in [-0.4, -0.2) is 12.5 Å². The van der Waals surface area contributed by atoms with Crippen molar-refractivity contribution in [3.8, 4) is 5.75 Å². The number of carbonyl (C=O) groups excluding carboxylic acids is 1. The number of para-hydroxylation sites is 1. The minimum atomic E-state index is -0.680. The second-order valence-corrected chi connectivity index (χ2v) is 4.23. The number of nitrogens with one attached hydrogen (secondary N) is 1. The predicted molar refractivity (Wildman–Crippen MR) is 76.3 cm³/mol. The smallest absolute Gasteiger partial charge is 0.257 e. The molecule has 0 bridgehead atoms. The molecule has 110 valence electrons. The van der Waals surface area contributed by atoms with Gasteiger partial charge in [0.15, 0.2) is 11.6 Å². The summed E-state index contributed by atoms with van der Waals surface area (Å²) in [4.78, 5) is 12.0. The number of anilines is 2. The van der Waals surface area contributed by atoms with Crippen LogP contribution in [0.4, 0.5) is 20.2 Å². The molecule has 0 saturated heterocycles. The van der Waals surface area contributed by atoms with Crippen molar-refractivity contribution in [3.05, 3.63) is 53.6 Å². The van der Waals surface area contributed by atoms with Crippen molar-refractivity contribution in [3.63, 3.8) is 0 Å². The minimum absolute atomic E-state index is 0.00991. The lowest BCUT2D eigenvalue weighted by Crippen LogP contribution is -2.15. The molecule has 2 aromatic rings. The third-order valence-corrected chi connectivity index (χ3v) is 2.79. The van der Waals surface area contributed by atoms with E-state index >= 15 is 0 Å². The van der Waals surface area contributed by atoms with Gasteiger partial charge in [-0.15, -0.1) is 0 Å². The quantitative estimate of drug-likeness (QED) is 0.851. The number of hydrogen-bond donors (Lipinski definition) is 2. The minimum Gasteiger partial charge on any atom is -0.491 e. The van der Waals surface area contributed by atoms with E-state index < -0.39 is 17.5 Å². The van der Waals surface area contributed by atoms with Crippen LogP contribution < -0.4 is 15.8 Å². The first-order chi connectivity index (χ1) is 10.0. The van der Waals surface area contributed by atoms with Gasteiger partial charge in [0.05, 0.1) is 17.9 Å². The van der Waals surface area contributed by atoms with E-state index in [9.17, 15) is 13.6 Å². The Hall–Kier alpha value is -2.63. The zero-order valence-corrected chi connectivity index (χ0v) is 11.3. The Balaban J connectivity index is 2.20. The van der Waals surface area contributed by atoms with Crippen LogP contribution in [-0.2, 0) is 0 Å². The van der Waals surface area contributed by atoms with Crippen LogP contribution in [0, 0.1) is 11.6 Å². The van der Waals surface area contributed by atoms with Gasteiger partial charge in [-0.1, -0.05) is 6.07 Å². The maximum Gasteiger partial charge on any atom is 0.257 e. The highest BCUT2D eigenvalue weighted by Gasteiger charge is 2.13. The largest absolute Gasteiger partial charge is 0.491 e. The molecule has 0 atom stereocenters. The maximum absolute atomic E-state index is 13.7. The topological polar surface area (TPSA) is 64.3 Å². The second kappa shape index (κ2) is 6.21. The fraction of sp³-hybridized carbons (Fsp3) is 0.133. The summed E-state index contributed by atoms with van der Waals surface area (Å²) in [6.45, 7) is 2.07. The number of carbonyl (C=O) groups is 1. The van der Waals surface area contributed by atoms with Gasteiger partial charge < -0.3 is 15.8 Å². The van der Waals surface area contributed by atoms with E-state index in [0.29, 0.717) is 6.61 Å². The summed E-state index contributed by atoms with van der Waals surface area (Å²) in [5.41, 5.74) is 5.47. The van der Waals surface area contributed by atoms with Gasteiger partial charge in [-0.05, 0) is 31.2 Å². The summed E-state index contributed by atoms with van der Waals surface area (Å²) < 4.78 is 32.0. The number of nitrogens with two attached hydrogens (primary N) is 1. The molecule has 0 aliphatic rings. The molecule has 0 saturated carbocycles. The standard InChI is InChI=1S/C15H14F2N2O2/c1-2-21-13-7-6-9(8-12(13)17)19-15(20)10-4-3-5-11(16)14(10)18/h3-8H,2,18H2,1H3,(H,19,20). The van der Waals surface area contributed by atoms with Crippen molar-refractivity contribution in [1.29, 1.82) is 0 Å². The molecule has 0 unspecified atom stereocenters. The van der Waals surface area contributed by atoms with Gasteiger partial charge in [0.25, 0.3) is 5.91 Å². The fourth-order valence-electron chi connectivity index (χ4n) is 1.78. The van der Waals surface area contributed by atoms with E-state index in [0.717, 1.165) is 12.1 Å². The highest BCUT2D eigenvalue weighted by atomic mass is 19.1. The molecule has 2 aromatic carbocycles. The summed E-state index contributed by atoms with van der Waals surface area (Å²) in [6, 6.07) is 7.93. The van der Waals surface area contributed by atoms with E-state index in [-0.39, 0.29) is 22.7 Å². The summed E-state index contributed by atoms with van der Waals surface area (Å²) in [7, 11) is 0. The lowest BCUT2D eigenvalue weighted by molar-refractivity contribution is 0.102. The van der Waals surface area contributed by atoms with Gasteiger partial charge in [0, 0.05) is 11.8 Å². The first kappa shape index (κ1) is 14.8. The van der Waals surface area contributed by atoms with Gasteiger partial charge in [-0.2, -0.15) is 0 Å². The lowest BCUT2D eigenvalue weighted by Gasteiger charge is -2.10. The summed E-state index contributed by atoms with van der Waals surface area (Å²) >= 11 is 0. The van der Waals surface area contributed by atoms with Crippen molar-refractivity contribution < 1.29 is 18.3 Å². The molecule has 0 aliphatic carbocycles. The monoisotopic (exact) mass is 292 g/mol. The van der Waals surface area contributed by atoms with Crippen molar-refractivity contribution in [1.82, 2.24) is 0 Å². The molecule has 1 amide bonds. The average Bonchev–Trinajstić information content (AvgIpc) is 2.45. The van der Waals surface area contributed by atoms with Crippen LogP contribution in [0.2, 0.25) is 0 Å². The van der Waals surface area contributed by atoms with Crippen molar-refractivity contribution in [2.75, 3.05) is 17.7 Å². The molecule has 0 heterocycles. The molecule has 6 heteroatoms. The summed E-state index contributed by atoms with van der Waals surface area (Å²) in [6.07, 6.45) is 0. The van der Waals surface area contributed by atoms with Crippen LogP contribution in [0.3, 0.4) is 0 Å². The maximum atomic E-state index is 13.7. The van der Waals surface area contributed by atoms with Crippen molar-refractivity contribution in [2.45, 2.75) is 6.92 Å². The van der Waals surface area contributed by atoms with E-state index in [1.807, 2.05) is 0 Å². The summed E-state index contributed by atoms with van der Waals surface area (Å²) in [5, 5.41) is 2.46. The number of hydrogen-bond acceptors (Lipinski definition) is 3. The third kappa shape index (κ3) is 3.28. The number of ether oxygens (including phenoxy) is 1. The second-order valence-electron chi connectivity index (χ2n) is 4.23. The molecular weight excluding hydrogens is 278 g/mol. The lowest BCUT2D eigenvalue weighted by atomic mass is 10.1. The number of nitrogen functional groups attached to an aromatic ring is 1. The Morgan fingerprint density at radius 3 is 2.67 bits per heavy atom. The average molecular weight is 292 g/mol. The van der Waals surface area contributed by atoms with Gasteiger partial charge >= 0.3 is 0 Å². The molecule has 4 nitrogen and oxygen atoms in total. The van der Waals surface area contributed by atoms with Gasteiger partial charge in [0.2, 0.25) is 0 Å². The zero-order valence-electron chi connectivity index (χ0n) is 11.3. The van der Waals surface area contributed by atoms with E-state index in [1.165, 1.54) is 24.3 Å². The Kier molecular flexibility index (Phi) is 4.37. The van der Waals surface area contributed by atoms with Crippen LogP contribution >= 0.6 is 0 Å². The third-order valence-electron chi connectivity index (χ3n) is 2.79. The number of benzene rings is 2. The highest BCUT2D eigenvalue weighted by molar-refractivity contribution is 6.07. The normalized spacial score (nSPS) is 10.2. The molecule has 3 N–H and O–H groups in total. The summed E-state index contributed by atoms with van der Waals surface area (Å²) in [5.74, 6) is -1.79. The van der Waals surface area contributed by atoms with Crippen LogP contribution in [0.1, 0.15) is 17.3 Å². The first-order valence-electron chi connectivity index (χ1n) is 6.30. The van der Waals surface area contributed by atoms with Gasteiger partial charge in [0.1, 0.15) is 5.82 Å². The number of rotatable bonds is 4. The zero-order chi connectivity index (χ0) is 15.4. The van der Waals surface area contributed by atoms with E-state index in [4.69, 9.17) is 10.5 Å². The molecular formula is C15H14F2N2O2. The van der Waals surface area contributed by atoms with E-state index in [1.54, 1.807) is 6.92 Å². The molecule has 0 radical (unpaired) electrons. The SMILES string of the molecule is CCOc1ccc(NC(=O)c2cccc(F)c2N)cc1F.